The summed E-state index contributed by atoms with van der Waals surface area (Å²) in [6.45, 7) is 1.37. The maximum Gasteiger partial charge on any atom is 0.416 e. The molecule has 0 bridgehead atoms. The zero-order valence-electron chi connectivity index (χ0n) is 20.0. The van der Waals surface area contributed by atoms with Gasteiger partial charge in [0.1, 0.15) is 11.6 Å². The van der Waals surface area contributed by atoms with Gasteiger partial charge in [0.25, 0.3) is 0 Å². The van der Waals surface area contributed by atoms with Crippen molar-refractivity contribution < 1.29 is 27.8 Å². The SMILES string of the molecule is O=C(O)CC(c1cccc(C(F)(F)F)c1)n1ccc2cc(OCCc3ccc4c(n3)NCCC4)ccc21. The largest absolute Gasteiger partial charge is 0.493 e. The van der Waals surface area contributed by atoms with Crippen molar-refractivity contribution in [1.82, 2.24) is 9.55 Å². The van der Waals surface area contributed by atoms with E-state index in [2.05, 4.69) is 16.4 Å². The van der Waals surface area contributed by atoms with Gasteiger partial charge in [0.15, 0.2) is 0 Å². The Kier molecular flexibility index (Phi) is 6.78. The number of benzene rings is 2. The van der Waals surface area contributed by atoms with E-state index < -0.39 is 23.8 Å². The van der Waals surface area contributed by atoms with Gasteiger partial charge in [0.2, 0.25) is 0 Å². The number of aliphatic carboxylic acids is 1. The van der Waals surface area contributed by atoms with Crippen molar-refractivity contribution >= 4 is 22.7 Å². The Bertz CT molecular complexity index is 1430. The third kappa shape index (κ3) is 5.55. The van der Waals surface area contributed by atoms with Crippen LogP contribution in [-0.4, -0.2) is 33.8 Å². The number of alkyl halides is 3. The molecule has 1 aliphatic rings. The minimum atomic E-state index is -4.51. The van der Waals surface area contributed by atoms with Crippen LogP contribution in [0.25, 0.3) is 10.9 Å². The molecular weight excluding hydrogens is 483 g/mol. The second kappa shape index (κ2) is 10.2. The van der Waals surface area contributed by atoms with Crippen LogP contribution in [0.5, 0.6) is 5.75 Å². The van der Waals surface area contributed by atoms with Crippen molar-refractivity contribution in [2.75, 3.05) is 18.5 Å². The zero-order valence-corrected chi connectivity index (χ0v) is 20.0. The Labute approximate surface area is 211 Å². The lowest BCUT2D eigenvalue weighted by Crippen LogP contribution is -2.15. The van der Waals surface area contributed by atoms with E-state index in [1.165, 1.54) is 17.7 Å². The number of halogens is 3. The van der Waals surface area contributed by atoms with Crippen LogP contribution in [0.2, 0.25) is 0 Å². The van der Waals surface area contributed by atoms with E-state index in [1.54, 1.807) is 29.0 Å². The number of hydrogen-bond acceptors (Lipinski definition) is 4. The van der Waals surface area contributed by atoms with E-state index in [4.69, 9.17) is 4.74 Å². The summed E-state index contributed by atoms with van der Waals surface area (Å²) in [5, 5.41) is 13.6. The molecule has 192 valence electrons. The molecule has 0 saturated carbocycles. The second-order valence-electron chi connectivity index (χ2n) is 9.12. The number of carboxylic acid groups (broad SMARTS) is 1. The van der Waals surface area contributed by atoms with Crippen LogP contribution in [0, 0.1) is 0 Å². The van der Waals surface area contributed by atoms with E-state index >= 15 is 0 Å². The van der Waals surface area contributed by atoms with Gasteiger partial charge in [0, 0.05) is 35.8 Å². The lowest BCUT2D eigenvalue weighted by molar-refractivity contribution is -0.138. The van der Waals surface area contributed by atoms with E-state index in [0.29, 0.717) is 24.3 Å². The molecule has 0 radical (unpaired) electrons. The Morgan fingerprint density at radius 3 is 2.81 bits per heavy atom. The van der Waals surface area contributed by atoms with E-state index in [-0.39, 0.29) is 12.0 Å². The van der Waals surface area contributed by atoms with Crippen LogP contribution >= 0.6 is 0 Å². The third-order valence-electron chi connectivity index (χ3n) is 6.57. The quantitative estimate of drug-likeness (QED) is 0.300. The van der Waals surface area contributed by atoms with Gasteiger partial charge in [-0.15, -0.1) is 0 Å². The van der Waals surface area contributed by atoms with E-state index in [1.807, 2.05) is 12.1 Å². The highest BCUT2D eigenvalue weighted by atomic mass is 19.4. The fraction of sp³-hybridized carbons (Fsp3) is 0.286. The maximum absolute atomic E-state index is 13.3. The highest BCUT2D eigenvalue weighted by molar-refractivity contribution is 5.82. The molecule has 0 fully saturated rings. The maximum atomic E-state index is 13.3. The van der Waals surface area contributed by atoms with E-state index in [0.717, 1.165) is 48.4 Å². The lowest BCUT2D eigenvalue weighted by atomic mass is 10.0. The lowest BCUT2D eigenvalue weighted by Gasteiger charge is -2.20. The van der Waals surface area contributed by atoms with Gasteiger partial charge in [0.05, 0.1) is 24.6 Å². The van der Waals surface area contributed by atoms with Gasteiger partial charge in [-0.2, -0.15) is 13.2 Å². The van der Waals surface area contributed by atoms with Crippen molar-refractivity contribution in [3.8, 4) is 5.75 Å². The second-order valence-corrected chi connectivity index (χ2v) is 9.12. The number of pyridine rings is 1. The highest BCUT2D eigenvalue weighted by Crippen LogP contribution is 2.34. The molecule has 4 aromatic rings. The summed E-state index contributed by atoms with van der Waals surface area (Å²) in [6, 6.07) is 15.4. The van der Waals surface area contributed by atoms with Crippen molar-refractivity contribution in [2.24, 2.45) is 0 Å². The van der Waals surface area contributed by atoms with Crippen molar-refractivity contribution in [1.29, 1.82) is 0 Å². The first-order valence-electron chi connectivity index (χ1n) is 12.1. The molecular formula is C28H26F3N3O3. The highest BCUT2D eigenvalue weighted by Gasteiger charge is 2.31. The number of aromatic nitrogens is 2. The Morgan fingerprint density at radius 1 is 1.14 bits per heavy atom. The molecule has 9 heteroatoms. The molecule has 37 heavy (non-hydrogen) atoms. The number of carboxylic acids is 1. The molecule has 1 unspecified atom stereocenters. The molecule has 1 aliphatic heterocycles. The molecule has 3 heterocycles. The topological polar surface area (TPSA) is 76.4 Å². The average Bonchev–Trinajstić information content (AvgIpc) is 3.30. The summed E-state index contributed by atoms with van der Waals surface area (Å²) in [6.07, 6.45) is -0.381. The molecule has 1 atom stereocenters. The van der Waals surface area contributed by atoms with Gasteiger partial charge in [-0.1, -0.05) is 18.2 Å². The van der Waals surface area contributed by atoms with Gasteiger partial charge < -0.3 is 19.7 Å². The van der Waals surface area contributed by atoms with Crippen LogP contribution in [0.15, 0.2) is 66.9 Å². The Morgan fingerprint density at radius 2 is 2.00 bits per heavy atom. The molecule has 2 aromatic heterocycles. The van der Waals surface area contributed by atoms with Crippen LogP contribution in [0.4, 0.5) is 19.0 Å². The predicted octanol–water partition coefficient (Wildman–Crippen LogP) is 6.10. The Hall–Kier alpha value is -4.01. The van der Waals surface area contributed by atoms with Crippen LogP contribution in [-0.2, 0) is 23.8 Å². The van der Waals surface area contributed by atoms with Crippen molar-refractivity contribution in [2.45, 2.75) is 37.9 Å². The van der Waals surface area contributed by atoms with Gasteiger partial charge >= 0.3 is 12.1 Å². The standard InChI is InChI=1S/C28H26F3N3O3/c29-28(30,31)21-5-1-3-19(15-21)25(17-26(35)36)34-13-10-20-16-23(8-9-24(20)34)37-14-11-22-7-6-18-4-2-12-32-27(18)33-22/h1,3,5-10,13,15-16,25H,2,4,11-12,14,17H2,(H,32,33)(H,35,36). The number of aryl methyl sites for hydroxylation is 1. The molecule has 2 aromatic carbocycles. The average molecular weight is 510 g/mol. The molecule has 0 saturated heterocycles. The van der Waals surface area contributed by atoms with Crippen molar-refractivity contribution in [3.05, 3.63) is 89.2 Å². The first-order chi connectivity index (χ1) is 17.8. The fourth-order valence-corrected chi connectivity index (χ4v) is 4.75. The number of fused-ring (bicyclic) bond motifs is 2. The summed E-state index contributed by atoms with van der Waals surface area (Å²) in [5.74, 6) is 0.494. The first kappa shape index (κ1) is 24.7. The molecule has 5 rings (SSSR count). The third-order valence-corrected chi connectivity index (χ3v) is 6.57. The smallest absolute Gasteiger partial charge is 0.416 e. The number of ether oxygens (including phenoxy) is 1. The number of carbonyl (C=O) groups is 1. The molecule has 2 N–H and O–H groups in total. The Balaban J connectivity index is 1.33. The molecule has 0 aliphatic carbocycles. The number of nitrogens with zero attached hydrogens (tertiary/aromatic N) is 2. The predicted molar refractivity (Wildman–Crippen MR) is 134 cm³/mol. The number of rotatable bonds is 8. The summed E-state index contributed by atoms with van der Waals surface area (Å²) >= 11 is 0. The monoisotopic (exact) mass is 509 g/mol. The fourth-order valence-electron chi connectivity index (χ4n) is 4.75. The molecule has 0 amide bonds. The van der Waals surface area contributed by atoms with E-state index in [9.17, 15) is 23.1 Å². The number of hydrogen-bond donors (Lipinski definition) is 2. The zero-order chi connectivity index (χ0) is 26.0. The minimum Gasteiger partial charge on any atom is -0.493 e. The van der Waals surface area contributed by atoms with Crippen LogP contribution in [0.3, 0.4) is 0 Å². The van der Waals surface area contributed by atoms with Gasteiger partial charge in [-0.05, 0) is 66.4 Å². The van der Waals surface area contributed by atoms with Crippen LogP contribution in [0.1, 0.15) is 41.3 Å². The summed E-state index contributed by atoms with van der Waals surface area (Å²) in [5.41, 5.74) is 2.35. The summed E-state index contributed by atoms with van der Waals surface area (Å²) in [4.78, 5) is 16.3. The minimum absolute atomic E-state index is 0.280. The summed E-state index contributed by atoms with van der Waals surface area (Å²) < 4.78 is 47.5. The van der Waals surface area contributed by atoms with Crippen LogP contribution < -0.4 is 10.1 Å². The number of nitrogens with one attached hydrogen (secondary N) is 1. The van der Waals surface area contributed by atoms with Gasteiger partial charge in [-0.25, -0.2) is 4.98 Å². The summed E-state index contributed by atoms with van der Waals surface area (Å²) in [7, 11) is 0. The van der Waals surface area contributed by atoms with Gasteiger partial charge in [-0.3, -0.25) is 4.79 Å². The van der Waals surface area contributed by atoms with Crippen molar-refractivity contribution in [3.63, 3.8) is 0 Å². The molecule has 0 spiro atoms. The molecule has 6 nitrogen and oxygen atoms in total. The first-order valence-corrected chi connectivity index (χ1v) is 12.1. The normalized spacial score (nSPS) is 14.1. The number of anilines is 1.